The minimum absolute atomic E-state index is 0.0745. The van der Waals surface area contributed by atoms with Crippen molar-refractivity contribution < 1.29 is 19.5 Å². The van der Waals surface area contributed by atoms with Crippen LogP contribution in [0.2, 0.25) is 0 Å². The van der Waals surface area contributed by atoms with E-state index in [1.807, 2.05) is 44.2 Å². The van der Waals surface area contributed by atoms with E-state index in [1.165, 1.54) is 4.90 Å². The molecule has 0 aromatic heterocycles. The van der Waals surface area contributed by atoms with Crippen LogP contribution in [0.5, 0.6) is 0 Å². The second-order valence-electron chi connectivity index (χ2n) is 7.27. The fourth-order valence-electron chi connectivity index (χ4n) is 4.05. The molecule has 2 atom stereocenters. The molecule has 0 radical (unpaired) electrons. The highest BCUT2D eigenvalue weighted by molar-refractivity contribution is 6.02. The molecule has 2 amide bonds. The van der Waals surface area contributed by atoms with Gasteiger partial charge in [0, 0.05) is 25.2 Å². The largest absolute Gasteiger partial charge is 0.477 e. The van der Waals surface area contributed by atoms with Crippen molar-refractivity contribution in [2.24, 2.45) is 0 Å². The number of β-lactam (4-membered cyclic amide) rings is 1. The first-order chi connectivity index (χ1) is 13.5. The maximum Gasteiger partial charge on any atom is 0.354 e. The highest BCUT2D eigenvalue weighted by Crippen LogP contribution is 2.40. The van der Waals surface area contributed by atoms with Crippen LogP contribution in [0.15, 0.2) is 41.7 Å². The Morgan fingerprint density at radius 3 is 2.39 bits per heavy atom. The molecule has 150 valence electrons. The van der Waals surface area contributed by atoms with E-state index < -0.39 is 12.0 Å². The predicted octanol–water partition coefficient (Wildman–Crippen LogP) is 1.75. The number of carbonyl (C=O) groups is 3. The summed E-state index contributed by atoms with van der Waals surface area (Å²) in [5, 5.41) is 12.5. The lowest BCUT2D eigenvalue weighted by Gasteiger charge is -2.43. The van der Waals surface area contributed by atoms with Crippen LogP contribution in [0.25, 0.3) is 0 Å². The normalized spacial score (nSPS) is 20.6. The second-order valence-corrected chi connectivity index (χ2v) is 7.27. The summed E-state index contributed by atoms with van der Waals surface area (Å²) in [6.07, 6.45) is 2.45. The summed E-state index contributed by atoms with van der Waals surface area (Å²) in [4.78, 5) is 40.3. The Balaban J connectivity index is 1.72. The number of carboxylic acid groups (broad SMARTS) is 1. The Bertz CT molecular complexity index is 784. The number of nitrogens with zero attached hydrogens (tertiary/aromatic N) is 2. The molecule has 2 unspecified atom stereocenters. The van der Waals surface area contributed by atoms with Gasteiger partial charge in [-0.2, -0.15) is 0 Å². The zero-order chi connectivity index (χ0) is 20.3. The van der Waals surface area contributed by atoms with Crippen LogP contribution in [0.1, 0.15) is 38.7 Å². The molecular weight excluding hydrogens is 358 g/mol. The van der Waals surface area contributed by atoms with Crippen molar-refractivity contribution >= 4 is 17.8 Å². The lowest BCUT2D eigenvalue weighted by Crippen LogP contribution is -2.68. The van der Waals surface area contributed by atoms with Gasteiger partial charge in [0.1, 0.15) is 11.7 Å². The van der Waals surface area contributed by atoms with E-state index in [2.05, 4.69) is 10.2 Å². The molecule has 0 saturated carbocycles. The number of fused-ring (bicyclic) bond motifs is 1. The summed E-state index contributed by atoms with van der Waals surface area (Å²) in [6.45, 7) is 5.59. The van der Waals surface area contributed by atoms with Gasteiger partial charge in [-0.25, -0.2) is 4.79 Å². The van der Waals surface area contributed by atoms with Crippen molar-refractivity contribution in [1.82, 2.24) is 15.1 Å². The number of benzene rings is 1. The molecule has 1 fully saturated rings. The van der Waals surface area contributed by atoms with Gasteiger partial charge in [0.05, 0.1) is 12.5 Å². The fraction of sp³-hybridized carbons (Fsp3) is 0.476. The van der Waals surface area contributed by atoms with E-state index >= 15 is 0 Å². The molecule has 28 heavy (non-hydrogen) atoms. The summed E-state index contributed by atoms with van der Waals surface area (Å²) in [7, 11) is 0. The van der Waals surface area contributed by atoms with E-state index in [0.717, 1.165) is 31.5 Å². The molecule has 0 spiro atoms. The average molecular weight is 385 g/mol. The van der Waals surface area contributed by atoms with Gasteiger partial charge in [0.15, 0.2) is 0 Å². The predicted molar refractivity (Wildman–Crippen MR) is 104 cm³/mol. The summed E-state index contributed by atoms with van der Waals surface area (Å²) >= 11 is 0. The Hall–Kier alpha value is -2.83. The smallest absolute Gasteiger partial charge is 0.354 e. The maximum absolute atomic E-state index is 12.6. The number of carboxylic acids is 1. The number of rotatable bonds is 9. The minimum atomic E-state index is -1.09. The van der Waals surface area contributed by atoms with Crippen LogP contribution < -0.4 is 5.32 Å². The average Bonchev–Trinajstić information content (AvgIpc) is 3.03. The zero-order valence-electron chi connectivity index (χ0n) is 16.4. The first kappa shape index (κ1) is 19.9. The number of amides is 2. The molecule has 1 aromatic rings. The van der Waals surface area contributed by atoms with E-state index in [0.29, 0.717) is 12.1 Å². The molecule has 2 N–H and O–H groups in total. The third-order valence-corrected chi connectivity index (χ3v) is 5.23. The van der Waals surface area contributed by atoms with Gasteiger partial charge >= 0.3 is 5.97 Å². The Kier molecular flexibility index (Phi) is 6.02. The Labute approximate surface area is 165 Å². The molecule has 1 aromatic carbocycles. The van der Waals surface area contributed by atoms with Crippen molar-refractivity contribution in [2.75, 3.05) is 13.1 Å². The molecule has 7 nitrogen and oxygen atoms in total. The lowest BCUT2D eigenvalue weighted by atomic mass is 9.94. The summed E-state index contributed by atoms with van der Waals surface area (Å²) in [6, 6.07) is 8.35. The third-order valence-electron chi connectivity index (χ3n) is 5.23. The standard InChI is InChI=1S/C21H27N3O4/c1-3-10-23(11-4-2)16-13-15-18(20(26)24(15)19(16)21(27)28)22-17(25)12-14-8-6-5-7-9-14/h5-9,15,18H,3-4,10-13H2,1-2H3,(H,22,25)(H,27,28). The van der Waals surface area contributed by atoms with Gasteiger partial charge in [0.25, 0.3) is 5.91 Å². The fourth-order valence-corrected chi connectivity index (χ4v) is 4.05. The molecular formula is C21H27N3O4. The highest BCUT2D eigenvalue weighted by Gasteiger charge is 2.56. The van der Waals surface area contributed by atoms with E-state index in [9.17, 15) is 19.5 Å². The summed E-state index contributed by atoms with van der Waals surface area (Å²) in [5.41, 5.74) is 1.65. The number of aliphatic carboxylic acids is 1. The third kappa shape index (κ3) is 3.74. The van der Waals surface area contributed by atoms with Crippen molar-refractivity contribution in [3.63, 3.8) is 0 Å². The summed E-state index contributed by atoms with van der Waals surface area (Å²) < 4.78 is 0. The van der Waals surface area contributed by atoms with E-state index in [1.54, 1.807) is 0 Å². The molecule has 2 aliphatic rings. The van der Waals surface area contributed by atoms with Gasteiger partial charge in [0.2, 0.25) is 5.91 Å². The zero-order valence-corrected chi connectivity index (χ0v) is 16.4. The van der Waals surface area contributed by atoms with E-state index in [-0.39, 0.29) is 30.0 Å². The SMILES string of the molecule is CCCN(CCC)C1=C(C(=O)O)N2C(=O)C(NC(=O)Cc3ccccc3)C2C1. The molecule has 2 heterocycles. The Morgan fingerprint density at radius 2 is 1.82 bits per heavy atom. The topological polar surface area (TPSA) is 90.0 Å². The minimum Gasteiger partial charge on any atom is -0.477 e. The van der Waals surface area contributed by atoms with Gasteiger partial charge in [-0.05, 0) is 18.4 Å². The molecule has 0 bridgehead atoms. The van der Waals surface area contributed by atoms with Crippen LogP contribution in [-0.4, -0.2) is 57.9 Å². The molecule has 0 aliphatic carbocycles. The van der Waals surface area contributed by atoms with Crippen LogP contribution in [0.3, 0.4) is 0 Å². The number of nitrogens with one attached hydrogen (secondary N) is 1. The van der Waals surface area contributed by atoms with Gasteiger partial charge in [-0.3, -0.25) is 14.5 Å². The highest BCUT2D eigenvalue weighted by atomic mass is 16.4. The lowest BCUT2D eigenvalue weighted by molar-refractivity contribution is -0.152. The molecule has 7 heteroatoms. The number of carbonyl (C=O) groups excluding carboxylic acids is 2. The van der Waals surface area contributed by atoms with Gasteiger partial charge in [-0.15, -0.1) is 0 Å². The van der Waals surface area contributed by atoms with Gasteiger partial charge in [-0.1, -0.05) is 44.2 Å². The van der Waals surface area contributed by atoms with Crippen molar-refractivity contribution in [3.8, 4) is 0 Å². The van der Waals surface area contributed by atoms with Crippen molar-refractivity contribution in [1.29, 1.82) is 0 Å². The second kappa shape index (κ2) is 8.46. The number of hydrogen-bond acceptors (Lipinski definition) is 4. The monoisotopic (exact) mass is 385 g/mol. The molecule has 3 rings (SSSR count). The number of hydrogen-bond donors (Lipinski definition) is 2. The van der Waals surface area contributed by atoms with Crippen LogP contribution in [0.4, 0.5) is 0 Å². The quantitative estimate of drug-likeness (QED) is 0.632. The molecule has 1 saturated heterocycles. The van der Waals surface area contributed by atoms with Gasteiger partial charge < -0.3 is 15.3 Å². The van der Waals surface area contributed by atoms with Crippen molar-refractivity contribution in [3.05, 3.63) is 47.3 Å². The summed E-state index contributed by atoms with van der Waals surface area (Å²) in [5.74, 6) is -1.66. The van der Waals surface area contributed by atoms with Crippen LogP contribution in [0, 0.1) is 0 Å². The van der Waals surface area contributed by atoms with Crippen LogP contribution >= 0.6 is 0 Å². The van der Waals surface area contributed by atoms with E-state index in [4.69, 9.17) is 0 Å². The molecule has 2 aliphatic heterocycles. The van der Waals surface area contributed by atoms with Crippen LogP contribution in [-0.2, 0) is 20.8 Å². The maximum atomic E-state index is 12.6. The van der Waals surface area contributed by atoms with Crippen molar-refractivity contribution in [2.45, 2.75) is 51.6 Å². The first-order valence-electron chi connectivity index (χ1n) is 9.85. The Morgan fingerprint density at radius 1 is 1.18 bits per heavy atom. The first-order valence-corrected chi connectivity index (χ1v) is 9.85.